The van der Waals surface area contributed by atoms with Crippen molar-refractivity contribution < 1.29 is 9.90 Å². The van der Waals surface area contributed by atoms with Crippen molar-refractivity contribution in [3.05, 3.63) is 18.2 Å². The molecular weight excluding hydrogens is 192 g/mol. The number of phenols is 1. The van der Waals surface area contributed by atoms with Gasteiger partial charge in [0, 0.05) is 25.6 Å². The molecule has 0 spiro atoms. The van der Waals surface area contributed by atoms with Crippen molar-refractivity contribution in [3.63, 3.8) is 0 Å². The highest BCUT2D eigenvalue weighted by molar-refractivity contribution is 5.98. The first kappa shape index (κ1) is 9.83. The molecule has 0 bridgehead atoms. The fraction of sp³-hybridized carbons (Fsp3) is 0.364. The molecule has 4 heteroatoms. The smallest absolute Gasteiger partial charge is 0.228 e. The average molecular weight is 206 g/mol. The third-order valence-corrected chi connectivity index (χ3v) is 2.60. The molecule has 1 atom stereocenters. The summed E-state index contributed by atoms with van der Waals surface area (Å²) < 4.78 is 0. The van der Waals surface area contributed by atoms with Crippen molar-refractivity contribution in [2.75, 3.05) is 17.3 Å². The predicted octanol–water partition coefficient (Wildman–Crippen LogP) is 1.56. The minimum absolute atomic E-state index is 0.0828. The molecule has 1 amide bonds. The number of hydrogen-bond donors (Lipinski definition) is 2. The van der Waals surface area contributed by atoms with Crippen LogP contribution in [0.25, 0.3) is 0 Å². The van der Waals surface area contributed by atoms with Gasteiger partial charge in [-0.1, -0.05) is 0 Å². The van der Waals surface area contributed by atoms with Crippen molar-refractivity contribution in [1.82, 2.24) is 0 Å². The summed E-state index contributed by atoms with van der Waals surface area (Å²) in [5.41, 5.74) is 1.61. The van der Waals surface area contributed by atoms with E-state index in [4.69, 9.17) is 0 Å². The van der Waals surface area contributed by atoms with Crippen LogP contribution in [0.3, 0.4) is 0 Å². The van der Waals surface area contributed by atoms with Crippen molar-refractivity contribution in [2.45, 2.75) is 19.4 Å². The monoisotopic (exact) mass is 206 g/mol. The molecule has 80 valence electrons. The Morgan fingerprint density at radius 2 is 2.27 bits per heavy atom. The molecule has 2 rings (SSSR count). The molecule has 1 aromatic carbocycles. The molecule has 15 heavy (non-hydrogen) atoms. The maximum Gasteiger partial charge on any atom is 0.228 e. The molecular formula is C11H14N2O2. The number of benzene rings is 1. The van der Waals surface area contributed by atoms with E-state index in [-0.39, 0.29) is 17.7 Å². The van der Waals surface area contributed by atoms with Crippen LogP contribution in [-0.2, 0) is 4.79 Å². The van der Waals surface area contributed by atoms with E-state index in [2.05, 4.69) is 5.32 Å². The Bertz CT molecular complexity index is 404. The average Bonchev–Trinajstić information content (AvgIpc) is 2.25. The summed E-state index contributed by atoms with van der Waals surface area (Å²) in [6.45, 7) is 1.95. The van der Waals surface area contributed by atoms with Crippen LogP contribution in [0.15, 0.2) is 18.2 Å². The Morgan fingerprint density at radius 3 is 3.00 bits per heavy atom. The number of nitrogens with zero attached hydrogens (tertiary/aromatic N) is 1. The molecule has 2 N–H and O–H groups in total. The van der Waals surface area contributed by atoms with E-state index in [9.17, 15) is 9.90 Å². The molecule has 1 aliphatic rings. The number of aromatic hydroxyl groups is 1. The van der Waals surface area contributed by atoms with Crippen LogP contribution < -0.4 is 10.2 Å². The van der Waals surface area contributed by atoms with Crippen molar-refractivity contribution in [2.24, 2.45) is 0 Å². The summed E-state index contributed by atoms with van der Waals surface area (Å²) in [7, 11) is 1.75. The van der Waals surface area contributed by atoms with Crippen LogP contribution in [0.1, 0.15) is 13.3 Å². The van der Waals surface area contributed by atoms with E-state index in [0.717, 1.165) is 11.4 Å². The highest BCUT2D eigenvalue weighted by Gasteiger charge is 2.22. The molecule has 0 aliphatic carbocycles. The van der Waals surface area contributed by atoms with Gasteiger partial charge in [0.2, 0.25) is 5.91 Å². The standard InChI is InChI=1S/C11H14N2O2/c1-7-5-11(15)13(2)10-4-3-8(14)6-9(10)12-7/h3-4,6-7,12,14H,5H2,1-2H3/t7-/m0/s1. The first-order chi connectivity index (χ1) is 7.08. The number of carbonyl (C=O) groups excluding carboxylic acids is 1. The quantitative estimate of drug-likeness (QED) is 0.677. The van der Waals surface area contributed by atoms with Gasteiger partial charge in [-0.2, -0.15) is 0 Å². The molecule has 1 heterocycles. The maximum absolute atomic E-state index is 11.7. The van der Waals surface area contributed by atoms with Gasteiger partial charge < -0.3 is 15.3 Å². The van der Waals surface area contributed by atoms with Crippen LogP contribution in [0.2, 0.25) is 0 Å². The van der Waals surface area contributed by atoms with Crippen molar-refractivity contribution in [1.29, 1.82) is 0 Å². The lowest BCUT2D eigenvalue weighted by molar-refractivity contribution is -0.118. The molecule has 0 radical (unpaired) electrons. The summed E-state index contributed by atoms with van der Waals surface area (Å²) in [5, 5.41) is 12.6. The molecule has 0 aromatic heterocycles. The Kier molecular flexibility index (Phi) is 2.26. The second-order valence-corrected chi connectivity index (χ2v) is 3.90. The van der Waals surface area contributed by atoms with Crippen molar-refractivity contribution >= 4 is 17.3 Å². The minimum atomic E-state index is 0.0828. The minimum Gasteiger partial charge on any atom is -0.508 e. The SMILES string of the molecule is C[C@H]1CC(=O)N(C)c2ccc(O)cc2N1. The topological polar surface area (TPSA) is 52.6 Å². The number of amides is 1. The van der Waals surface area contributed by atoms with Crippen molar-refractivity contribution in [3.8, 4) is 5.75 Å². The zero-order valence-corrected chi connectivity index (χ0v) is 8.82. The van der Waals surface area contributed by atoms with E-state index in [1.807, 2.05) is 6.92 Å². The number of nitrogens with one attached hydrogen (secondary N) is 1. The Morgan fingerprint density at radius 1 is 1.53 bits per heavy atom. The summed E-state index contributed by atoms with van der Waals surface area (Å²) in [6.07, 6.45) is 0.464. The summed E-state index contributed by atoms with van der Waals surface area (Å²) in [6, 6.07) is 5.05. The Labute approximate surface area is 88.5 Å². The van der Waals surface area contributed by atoms with Crippen LogP contribution >= 0.6 is 0 Å². The van der Waals surface area contributed by atoms with Crippen LogP contribution in [-0.4, -0.2) is 24.1 Å². The van der Waals surface area contributed by atoms with Gasteiger partial charge in [-0.25, -0.2) is 0 Å². The predicted molar refractivity (Wildman–Crippen MR) is 59.2 cm³/mol. The van der Waals surface area contributed by atoms with Crippen LogP contribution in [0.5, 0.6) is 5.75 Å². The summed E-state index contributed by atoms with van der Waals surface area (Å²) in [5.74, 6) is 0.288. The molecule has 0 saturated heterocycles. The highest BCUT2D eigenvalue weighted by Crippen LogP contribution is 2.32. The van der Waals surface area contributed by atoms with Gasteiger partial charge in [-0.15, -0.1) is 0 Å². The summed E-state index contributed by atoms with van der Waals surface area (Å²) in [4.78, 5) is 13.3. The number of fused-ring (bicyclic) bond motifs is 1. The fourth-order valence-corrected chi connectivity index (χ4v) is 1.78. The second-order valence-electron chi connectivity index (χ2n) is 3.90. The van der Waals surface area contributed by atoms with Gasteiger partial charge >= 0.3 is 0 Å². The van der Waals surface area contributed by atoms with E-state index < -0.39 is 0 Å². The van der Waals surface area contributed by atoms with Gasteiger partial charge in [-0.05, 0) is 19.1 Å². The van der Waals surface area contributed by atoms with E-state index in [0.29, 0.717) is 6.42 Å². The number of anilines is 2. The lowest BCUT2D eigenvalue weighted by Gasteiger charge is -2.16. The molecule has 1 aliphatic heterocycles. The van der Waals surface area contributed by atoms with E-state index in [1.165, 1.54) is 0 Å². The first-order valence-electron chi connectivity index (χ1n) is 4.94. The normalized spacial score (nSPS) is 20.5. The zero-order chi connectivity index (χ0) is 11.0. The third-order valence-electron chi connectivity index (χ3n) is 2.60. The van der Waals surface area contributed by atoms with Crippen LogP contribution in [0.4, 0.5) is 11.4 Å². The van der Waals surface area contributed by atoms with Gasteiger partial charge in [0.05, 0.1) is 11.4 Å². The maximum atomic E-state index is 11.7. The molecule has 0 unspecified atom stereocenters. The van der Waals surface area contributed by atoms with E-state index in [1.54, 1.807) is 30.1 Å². The number of rotatable bonds is 0. The fourth-order valence-electron chi connectivity index (χ4n) is 1.78. The molecule has 0 saturated carbocycles. The van der Waals surface area contributed by atoms with Gasteiger partial charge in [-0.3, -0.25) is 4.79 Å². The molecule has 1 aromatic rings. The summed E-state index contributed by atoms with van der Waals surface area (Å²) >= 11 is 0. The van der Waals surface area contributed by atoms with Gasteiger partial charge in [0.25, 0.3) is 0 Å². The lowest BCUT2D eigenvalue weighted by Crippen LogP contribution is -2.27. The number of phenolic OH excluding ortho intramolecular Hbond substituents is 1. The Balaban J connectivity index is 2.49. The highest BCUT2D eigenvalue weighted by atomic mass is 16.3. The first-order valence-corrected chi connectivity index (χ1v) is 4.94. The zero-order valence-electron chi connectivity index (χ0n) is 8.82. The molecule has 4 nitrogen and oxygen atoms in total. The lowest BCUT2D eigenvalue weighted by atomic mass is 10.2. The molecule has 0 fully saturated rings. The van der Waals surface area contributed by atoms with E-state index >= 15 is 0 Å². The van der Waals surface area contributed by atoms with Gasteiger partial charge in [0.15, 0.2) is 0 Å². The largest absolute Gasteiger partial charge is 0.508 e. The number of carbonyl (C=O) groups is 1. The van der Waals surface area contributed by atoms with Crippen LogP contribution in [0, 0.1) is 0 Å². The Hall–Kier alpha value is -1.71. The second kappa shape index (κ2) is 3.46. The third kappa shape index (κ3) is 1.75. The number of hydrogen-bond acceptors (Lipinski definition) is 3. The van der Waals surface area contributed by atoms with Gasteiger partial charge in [0.1, 0.15) is 5.75 Å².